The number of para-hydroxylation sites is 7. The van der Waals surface area contributed by atoms with E-state index in [1.165, 1.54) is 0 Å². The molecule has 0 radical (unpaired) electrons. The summed E-state index contributed by atoms with van der Waals surface area (Å²) >= 11 is 0. The number of hydrogen-bond donors (Lipinski definition) is 0. The van der Waals surface area contributed by atoms with Crippen LogP contribution in [0, 0.1) is 46.0 Å². The van der Waals surface area contributed by atoms with Gasteiger partial charge in [-0.1, -0.05) is 212 Å². The first-order valence-electron chi connectivity index (χ1n) is 16.5. The Morgan fingerprint density at radius 2 is 0.263 bits per heavy atom. The van der Waals surface area contributed by atoms with Crippen LogP contribution in [0.2, 0.25) is 0 Å². The van der Waals surface area contributed by atoms with Crippen LogP contribution in [0.5, 0.6) is 0 Å². The van der Waals surface area contributed by atoms with E-state index in [0.717, 1.165) is 0 Å². The predicted molar refractivity (Wildman–Crippen MR) is 229 cm³/mol. The summed E-state index contributed by atoms with van der Waals surface area (Å²) in [4.78, 5) is 22.5. The monoisotopic (exact) mass is 819 g/mol. The summed E-state index contributed by atoms with van der Waals surface area (Å²) < 4.78 is 0. The molecule has 0 aliphatic carbocycles. The van der Waals surface area contributed by atoms with E-state index >= 15 is 0 Å². The average Bonchev–Trinajstić information content (AvgIpc) is 3.32. The Bertz CT molecular complexity index is 1860. The minimum atomic E-state index is 0. The fraction of sp³-hybridized carbons (Fsp3) is 0. The maximum absolute atomic E-state index is 6.57. The van der Waals surface area contributed by atoms with Gasteiger partial charge in [0.15, 0.2) is 39.8 Å². The van der Waals surface area contributed by atoms with Crippen LogP contribution in [0.4, 0.5) is 39.8 Å². The van der Waals surface area contributed by atoms with Gasteiger partial charge in [-0.15, -0.1) is 0 Å². The molecule has 0 spiro atoms. The zero-order valence-electron chi connectivity index (χ0n) is 30.7. The molecule has 0 N–H and O–H groups in total. The van der Waals surface area contributed by atoms with Gasteiger partial charge in [0.25, 0.3) is 0 Å². The van der Waals surface area contributed by atoms with Crippen LogP contribution in [-0.2, 0) is 21.1 Å². The fourth-order valence-electron chi connectivity index (χ4n) is 3.52. The molecule has 57 heavy (non-hydrogen) atoms. The second-order valence-corrected chi connectivity index (χ2v) is 10.1. The molecule has 0 saturated carbocycles. The Labute approximate surface area is 351 Å². The summed E-state index contributed by atoms with van der Waals surface area (Å²) in [6.45, 7) is 46.0. The summed E-state index contributed by atoms with van der Waals surface area (Å²) in [6, 6.07) is 64.2. The van der Waals surface area contributed by atoms with E-state index in [1.807, 2.05) is 127 Å². The molecule has 0 heterocycles. The third kappa shape index (κ3) is 26.1. The summed E-state index contributed by atoms with van der Waals surface area (Å²) in [5, 5.41) is 0. The van der Waals surface area contributed by atoms with Crippen molar-refractivity contribution in [1.29, 1.82) is 0 Å². The first kappa shape index (κ1) is 48.7. The molecule has 0 fully saturated rings. The standard InChI is InChI=1S/7C7H5N.Mo/c7*1-8-7-5-3-2-4-6-7;/h7*2-6H;/q;;;;;;;+2. The van der Waals surface area contributed by atoms with E-state index in [2.05, 4.69) is 33.9 Å². The number of benzene rings is 7. The number of hydrogen-bond acceptors (Lipinski definition) is 0. The fourth-order valence-corrected chi connectivity index (χ4v) is 3.52. The SMILES string of the molecule is [C-]#[N+]c1ccccc1.[C-]#[N+]c1ccccc1.[C-]#[N+]c1ccccc1.[C-]#[N+]c1ccccc1.[C-]#[N+]c1ccccc1.[C-]#[N+]c1ccccc1.[C-]#[N+]c1ccccc1.[Mo+2]. The molecule has 7 rings (SSSR count). The normalized spacial score (nSPS) is 7.74. The van der Waals surface area contributed by atoms with Crippen molar-refractivity contribution in [1.82, 2.24) is 0 Å². The minimum absolute atomic E-state index is 0. The summed E-state index contributed by atoms with van der Waals surface area (Å²) in [6.07, 6.45) is 0. The first-order chi connectivity index (χ1) is 27.5. The Hall–Kier alpha value is -8.34. The summed E-state index contributed by atoms with van der Waals surface area (Å²) in [7, 11) is 0. The number of nitrogens with zero attached hydrogens (tertiary/aromatic N) is 7. The van der Waals surface area contributed by atoms with Gasteiger partial charge in [0.05, 0.1) is 46.0 Å². The third-order valence-corrected chi connectivity index (χ3v) is 6.20. The van der Waals surface area contributed by atoms with Gasteiger partial charge in [-0.25, -0.2) is 33.9 Å². The van der Waals surface area contributed by atoms with Crippen molar-refractivity contribution in [3.8, 4) is 0 Å². The van der Waals surface area contributed by atoms with Crippen LogP contribution in [0.25, 0.3) is 33.9 Å². The second-order valence-electron chi connectivity index (χ2n) is 10.1. The van der Waals surface area contributed by atoms with Crippen molar-refractivity contribution >= 4 is 39.8 Å². The van der Waals surface area contributed by atoms with Gasteiger partial charge in [-0.05, 0) is 0 Å². The molecule has 7 aromatic carbocycles. The van der Waals surface area contributed by atoms with Gasteiger partial charge < -0.3 is 0 Å². The smallest absolute Gasteiger partial charge is 0.238 e. The van der Waals surface area contributed by atoms with Gasteiger partial charge in [-0.2, -0.15) is 0 Å². The predicted octanol–water partition coefficient (Wildman–Crippen LogP) is 15.7. The Kier molecular flexibility index (Phi) is 29.6. The molecular formula is C49H35MoN7+2. The minimum Gasteiger partial charge on any atom is -0.238 e. The van der Waals surface area contributed by atoms with E-state index in [0.29, 0.717) is 39.8 Å². The summed E-state index contributed by atoms with van der Waals surface area (Å²) in [5.41, 5.74) is 4.91. The van der Waals surface area contributed by atoms with E-state index in [1.54, 1.807) is 84.9 Å². The third-order valence-electron chi connectivity index (χ3n) is 6.20. The Morgan fingerprint density at radius 3 is 0.316 bits per heavy atom. The molecule has 7 nitrogen and oxygen atoms in total. The molecule has 0 aromatic heterocycles. The van der Waals surface area contributed by atoms with E-state index in [-0.39, 0.29) is 21.1 Å². The van der Waals surface area contributed by atoms with Crippen molar-refractivity contribution in [3.05, 3.63) is 292 Å². The van der Waals surface area contributed by atoms with Crippen molar-refractivity contribution in [2.45, 2.75) is 0 Å². The molecule has 0 saturated heterocycles. The molecule has 8 heteroatoms. The molecule has 0 amide bonds. The van der Waals surface area contributed by atoms with E-state index in [9.17, 15) is 0 Å². The maximum atomic E-state index is 6.57. The number of rotatable bonds is 0. The second kappa shape index (κ2) is 34.7. The van der Waals surface area contributed by atoms with Crippen LogP contribution in [0.1, 0.15) is 0 Å². The zero-order chi connectivity index (χ0) is 40.7. The van der Waals surface area contributed by atoms with Crippen LogP contribution in [0.15, 0.2) is 212 Å². The maximum Gasteiger partial charge on any atom is 2.00 e. The Balaban J connectivity index is 0.000000640. The topological polar surface area (TPSA) is 30.5 Å². The van der Waals surface area contributed by atoms with Gasteiger partial charge in [0.1, 0.15) is 0 Å². The molecule has 0 aliphatic heterocycles. The molecule has 0 unspecified atom stereocenters. The first-order valence-corrected chi connectivity index (χ1v) is 16.5. The van der Waals surface area contributed by atoms with Gasteiger partial charge in [0, 0.05) is 0 Å². The molecular weight excluding hydrogens is 783 g/mol. The van der Waals surface area contributed by atoms with Gasteiger partial charge >= 0.3 is 21.1 Å². The van der Waals surface area contributed by atoms with Crippen LogP contribution >= 0.6 is 0 Å². The van der Waals surface area contributed by atoms with Crippen molar-refractivity contribution in [3.63, 3.8) is 0 Å². The molecule has 0 bridgehead atoms. The van der Waals surface area contributed by atoms with Gasteiger partial charge in [0.2, 0.25) is 0 Å². The van der Waals surface area contributed by atoms with Gasteiger partial charge in [-0.3, -0.25) is 0 Å². The molecule has 0 aliphatic rings. The van der Waals surface area contributed by atoms with Crippen molar-refractivity contribution in [2.75, 3.05) is 0 Å². The quantitative estimate of drug-likeness (QED) is 0.108. The molecule has 7 aromatic rings. The van der Waals surface area contributed by atoms with Crippen LogP contribution < -0.4 is 0 Å². The average molecular weight is 818 g/mol. The van der Waals surface area contributed by atoms with Crippen LogP contribution in [-0.4, -0.2) is 0 Å². The van der Waals surface area contributed by atoms with Crippen molar-refractivity contribution < 1.29 is 21.1 Å². The van der Waals surface area contributed by atoms with Crippen LogP contribution in [0.3, 0.4) is 0 Å². The zero-order valence-corrected chi connectivity index (χ0v) is 32.8. The van der Waals surface area contributed by atoms with E-state index < -0.39 is 0 Å². The largest absolute Gasteiger partial charge is 2.00 e. The van der Waals surface area contributed by atoms with Crippen molar-refractivity contribution in [2.24, 2.45) is 0 Å². The van der Waals surface area contributed by atoms with E-state index in [4.69, 9.17) is 46.0 Å². The molecule has 270 valence electrons. The Morgan fingerprint density at radius 1 is 0.175 bits per heavy atom. The molecule has 0 atom stereocenters. The summed E-state index contributed by atoms with van der Waals surface area (Å²) in [5.74, 6) is 0.